The van der Waals surface area contributed by atoms with Gasteiger partial charge in [-0.25, -0.2) is 0 Å². The lowest BCUT2D eigenvalue weighted by atomic mass is 10.0. The number of hydrogen-bond donors (Lipinski definition) is 1. The highest BCUT2D eigenvalue weighted by molar-refractivity contribution is 9.10. The van der Waals surface area contributed by atoms with Gasteiger partial charge in [0.05, 0.1) is 4.47 Å². The molecule has 2 aromatic carbocycles. The van der Waals surface area contributed by atoms with Crippen LogP contribution in [0, 0.1) is 0 Å². The Morgan fingerprint density at radius 3 is 2.44 bits per heavy atom. The predicted molar refractivity (Wildman–Crippen MR) is 79.2 cm³/mol. The SMILES string of the molecule is CC(C)c1ccccc1Oc1ccc(N)cc1Br. The first-order valence-corrected chi connectivity index (χ1v) is 6.69. The van der Waals surface area contributed by atoms with Crippen molar-refractivity contribution in [2.45, 2.75) is 19.8 Å². The first kappa shape index (κ1) is 13.0. The highest BCUT2D eigenvalue weighted by Crippen LogP contribution is 2.34. The van der Waals surface area contributed by atoms with E-state index in [0.717, 1.165) is 16.0 Å². The molecule has 0 saturated carbocycles. The van der Waals surface area contributed by atoms with E-state index < -0.39 is 0 Å². The molecule has 2 aromatic rings. The number of para-hydroxylation sites is 1. The van der Waals surface area contributed by atoms with Crippen molar-refractivity contribution in [3.05, 3.63) is 52.5 Å². The first-order valence-electron chi connectivity index (χ1n) is 5.89. The number of halogens is 1. The van der Waals surface area contributed by atoms with Crippen molar-refractivity contribution >= 4 is 21.6 Å². The van der Waals surface area contributed by atoms with Crippen molar-refractivity contribution in [3.63, 3.8) is 0 Å². The summed E-state index contributed by atoms with van der Waals surface area (Å²) >= 11 is 3.46. The van der Waals surface area contributed by atoms with E-state index in [1.54, 1.807) is 0 Å². The fraction of sp³-hybridized carbons (Fsp3) is 0.200. The molecule has 0 bridgehead atoms. The van der Waals surface area contributed by atoms with Crippen LogP contribution in [-0.2, 0) is 0 Å². The number of benzene rings is 2. The van der Waals surface area contributed by atoms with Crippen LogP contribution in [0.25, 0.3) is 0 Å². The summed E-state index contributed by atoms with van der Waals surface area (Å²) in [6, 6.07) is 13.6. The Balaban J connectivity index is 2.34. The van der Waals surface area contributed by atoms with Gasteiger partial charge in [0.25, 0.3) is 0 Å². The summed E-state index contributed by atoms with van der Waals surface area (Å²) in [5, 5.41) is 0. The van der Waals surface area contributed by atoms with Gasteiger partial charge in [0.1, 0.15) is 11.5 Å². The van der Waals surface area contributed by atoms with E-state index in [1.807, 2.05) is 36.4 Å². The van der Waals surface area contributed by atoms with Crippen molar-refractivity contribution < 1.29 is 4.74 Å². The highest BCUT2D eigenvalue weighted by Gasteiger charge is 2.09. The largest absolute Gasteiger partial charge is 0.456 e. The Bertz CT molecular complexity index is 552. The molecule has 2 N–H and O–H groups in total. The summed E-state index contributed by atoms with van der Waals surface area (Å²) in [7, 11) is 0. The van der Waals surface area contributed by atoms with Crippen molar-refractivity contribution in [3.8, 4) is 11.5 Å². The fourth-order valence-electron chi connectivity index (χ4n) is 1.77. The van der Waals surface area contributed by atoms with Crippen molar-refractivity contribution in [2.24, 2.45) is 0 Å². The summed E-state index contributed by atoms with van der Waals surface area (Å²) < 4.78 is 6.82. The molecule has 0 atom stereocenters. The molecule has 0 amide bonds. The fourth-order valence-corrected chi connectivity index (χ4v) is 2.25. The quantitative estimate of drug-likeness (QED) is 0.815. The van der Waals surface area contributed by atoms with Crippen molar-refractivity contribution in [1.82, 2.24) is 0 Å². The summed E-state index contributed by atoms with van der Waals surface area (Å²) in [4.78, 5) is 0. The molecule has 2 rings (SSSR count). The smallest absolute Gasteiger partial charge is 0.141 e. The van der Waals surface area contributed by atoms with E-state index >= 15 is 0 Å². The topological polar surface area (TPSA) is 35.2 Å². The Labute approximate surface area is 116 Å². The third-order valence-corrected chi connectivity index (χ3v) is 3.34. The maximum absolute atomic E-state index is 5.95. The summed E-state index contributed by atoms with van der Waals surface area (Å²) in [6.45, 7) is 4.31. The molecule has 0 radical (unpaired) electrons. The van der Waals surface area contributed by atoms with Gasteiger partial charge in [0.2, 0.25) is 0 Å². The third-order valence-electron chi connectivity index (χ3n) is 2.72. The molecular formula is C15H16BrNO. The molecule has 2 nitrogen and oxygen atoms in total. The maximum atomic E-state index is 5.95. The average molecular weight is 306 g/mol. The molecule has 0 aliphatic heterocycles. The van der Waals surface area contributed by atoms with Crippen LogP contribution in [0.4, 0.5) is 5.69 Å². The lowest BCUT2D eigenvalue weighted by Gasteiger charge is -2.14. The van der Waals surface area contributed by atoms with Gasteiger partial charge in [-0.2, -0.15) is 0 Å². The second kappa shape index (κ2) is 5.44. The molecule has 0 heterocycles. The zero-order valence-electron chi connectivity index (χ0n) is 10.5. The van der Waals surface area contributed by atoms with Crippen LogP contribution in [0.5, 0.6) is 11.5 Å². The van der Waals surface area contributed by atoms with E-state index in [9.17, 15) is 0 Å². The Morgan fingerprint density at radius 2 is 1.78 bits per heavy atom. The van der Waals surface area contributed by atoms with Crippen LogP contribution in [0.15, 0.2) is 46.9 Å². The number of anilines is 1. The minimum absolute atomic E-state index is 0.425. The van der Waals surface area contributed by atoms with Gasteiger partial charge in [-0.3, -0.25) is 0 Å². The molecule has 0 saturated heterocycles. The number of nitrogen functional groups attached to an aromatic ring is 1. The lowest BCUT2D eigenvalue weighted by Crippen LogP contribution is -1.94. The lowest BCUT2D eigenvalue weighted by molar-refractivity contribution is 0.470. The zero-order chi connectivity index (χ0) is 13.1. The minimum Gasteiger partial charge on any atom is -0.456 e. The number of hydrogen-bond acceptors (Lipinski definition) is 2. The van der Waals surface area contributed by atoms with Crippen LogP contribution in [0.3, 0.4) is 0 Å². The van der Waals surface area contributed by atoms with E-state index in [1.165, 1.54) is 5.56 Å². The molecule has 94 valence electrons. The molecule has 0 aliphatic rings. The highest BCUT2D eigenvalue weighted by atomic mass is 79.9. The monoisotopic (exact) mass is 305 g/mol. The maximum Gasteiger partial charge on any atom is 0.141 e. The normalized spacial score (nSPS) is 10.7. The zero-order valence-corrected chi connectivity index (χ0v) is 12.1. The minimum atomic E-state index is 0.425. The van der Waals surface area contributed by atoms with Crippen LogP contribution in [-0.4, -0.2) is 0 Å². The molecule has 0 aliphatic carbocycles. The van der Waals surface area contributed by atoms with E-state index in [2.05, 4.69) is 35.8 Å². The second-order valence-corrected chi connectivity index (χ2v) is 5.34. The van der Waals surface area contributed by atoms with Gasteiger partial charge in [0.15, 0.2) is 0 Å². The van der Waals surface area contributed by atoms with Gasteiger partial charge >= 0.3 is 0 Å². The van der Waals surface area contributed by atoms with Gasteiger partial charge in [-0.05, 0) is 51.7 Å². The first-order chi connectivity index (χ1) is 8.58. The number of rotatable bonds is 3. The van der Waals surface area contributed by atoms with Gasteiger partial charge in [-0.15, -0.1) is 0 Å². The third kappa shape index (κ3) is 2.85. The molecule has 18 heavy (non-hydrogen) atoms. The molecule has 0 fully saturated rings. The van der Waals surface area contributed by atoms with Gasteiger partial charge in [0, 0.05) is 5.69 Å². The van der Waals surface area contributed by atoms with E-state index in [4.69, 9.17) is 10.5 Å². The summed E-state index contributed by atoms with van der Waals surface area (Å²) in [5.41, 5.74) is 7.62. The Hall–Kier alpha value is -1.48. The van der Waals surface area contributed by atoms with Crippen molar-refractivity contribution in [2.75, 3.05) is 5.73 Å². The molecule has 3 heteroatoms. The molecule has 0 aromatic heterocycles. The van der Waals surface area contributed by atoms with Crippen LogP contribution < -0.4 is 10.5 Å². The summed E-state index contributed by atoms with van der Waals surface area (Å²) in [6.07, 6.45) is 0. The number of ether oxygens (including phenoxy) is 1. The van der Waals surface area contributed by atoms with Gasteiger partial charge < -0.3 is 10.5 Å². The predicted octanol–water partition coefficient (Wildman–Crippen LogP) is 4.95. The van der Waals surface area contributed by atoms with E-state index in [0.29, 0.717) is 11.6 Å². The van der Waals surface area contributed by atoms with E-state index in [-0.39, 0.29) is 0 Å². The molecule has 0 spiro atoms. The van der Waals surface area contributed by atoms with Gasteiger partial charge in [-0.1, -0.05) is 32.0 Å². The molecular weight excluding hydrogens is 290 g/mol. The van der Waals surface area contributed by atoms with Crippen LogP contribution >= 0.6 is 15.9 Å². The van der Waals surface area contributed by atoms with Crippen LogP contribution in [0.2, 0.25) is 0 Å². The standard InChI is InChI=1S/C15H16BrNO/c1-10(2)12-5-3-4-6-14(12)18-15-8-7-11(17)9-13(15)16/h3-10H,17H2,1-2H3. The van der Waals surface area contributed by atoms with Crippen LogP contribution in [0.1, 0.15) is 25.3 Å². The summed E-state index contributed by atoms with van der Waals surface area (Å²) in [5.74, 6) is 2.09. The Kier molecular flexibility index (Phi) is 3.92. The number of nitrogens with two attached hydrogens (primary N) is 1. The van der Waals surface area contributed by atoms with Crippen molar-refractivity contribution in [1.29, 1.82) is 0 Å². The average Bonchev–Trinajstić information content (AvgIpc) is 2.33. The second-order valence-electron chi connectivity index (χ2n) is 4.48. The molecule has 0 unspecified atom stereocenters. The Morgan fingerprint density at radius 1 is 1.06 bits per heavy atom.